The fourth-order valence-corrected chi connectivity index (χ4v) is 7.83. The molecule has 6 atom stereocenters. The summed E-state index contributed by atoms with van der Waals surface area (Å²) in [5.41, 5.74) is 0.791. The summed E-state index contributed by atoms with van der Waals surface area (Å²) in [6.45, 7) is 23.7. The van der Waals surface area contributed by atoms with E-state index in [1.165, 1.54) is 5.56 Å². The number of aromatic amines is 1. The molecule has 3 aliphatic carbocycles. The highest BCUT2D eigenvalue weighted by Crippen LogP contribution is 2.73. The molecule has 0 bridgehead atoms. The number of ether oxygens (including phenoxy) is 1. The van der Waals surface area contributed by atoms with Crippen LogP contribution in [-0.2, 0) is 21.2 Å². The Hall–Kier alpha value is -2.09. The van der Waals surface area contributed by atoms with Gasteiger partial charge in [0.15, 0.2) is 11.7 Å². The maximum Gasteiger partial charge on any atom is 0.301 e. The Bertz CT molecular complexity index is 1180. The van der Waals surface area contributed by atoms with E-state index >= 15 is 0 Å². The Kier molecular flexibility index (Phi) is 3.03. The van der Waals surface area contributed by atoms with Crippen molar-refractivity contribution in [2.24, 2.45) is 11.3 Å². The zero-order valence-electron chi connectivity index (χ0n) is 18.5. The Morgan fingerprint density at radius 2 is 1.93 bits per heavy atom. The van der Waals surface area contributed by atoms with E-state index in [1.54, 1.807) is 0 Å². The number of aromatic nitrogens is 1. The molecule has 30 heavy (non-hydrogen) atoms. The average molecular weight is 403 g/mol. The second-order valence-electron chi connectivity index (χ2n) is 11.4. The molecule has 1 saturated carbocycles. The molecular formula is C26H30N2O2. The minimum absolute atomic E-state index is 0.0708. The normalized spacial score (nSPS) is 44.0. The van der Waals surface area contributed by atoms with Crippen LogP contribution in [0, 0.1) is 17.9 Å². The summed E-state index contributed by atoms with van der Waals surface area (Å²) in [5, 5.41) is 14.2. The first kappa shape index (κ1) is 18.7. The van der Waals surface area contributed by atoms with Gasteiger partial charge in [-0.25, -0.2) is 6.57 Å². The molecule has 2 heterocycles. The van der Waals surface area contributed by atoms with E-state index in [9.17, 15) is 5.11 Å². The maximum atomic E-state index is 13.0. The second kappa shape index (κ2) is 4.87. The Balaban J connectivity index is 1.88. The van der Waals surface area contributed by atoms with Crippen LogP contribution in [0.4, 0.5) is 0 Å². The molecule has 2 aromatic rings. The molecule has 0 spiro atoms. The number of rotatable bonds is 1. The lowest BCUT2D eigenvalue weighted by molar-refractivity contribution is -0.167. The number of hydrogen-bond donors (Lipinski definition) is 2. The summed E-state index contributed by atoms with van der Waals surface area (Å²) in [4.78, 5) is 8.05. The first-order chi connectivity index (χ1) is 14.0. The molecule has 1 aliphatic heterocycles. The van der Waals surface area contributed by atoms with Crippen LogP contribution in [0.2, 0.25) is 0 Å². The number of fused-ring (bicyclic) bond motifs is 2. The second-order valence-corrected chi connectivity index (χ2v) is 11.4. The highest BCUT2D eigenvalue weighted by atomic mass is 16.6. The van der Waals surface area contributed by atoms with E-state index in [1.807, 2.05) is 6.08 Å². The standard InChI is InChI=1S/C26H30N2O2/c1-8-24(6)13-12-16-22(2,3)14-10-9-11-15-17(14)18-19(28-15)23(4,5)20-21(30-20)26(24,27-7)25(16,18)29/h8-11,16,20-21,28-29H,1,12-13H2,2-6H3/t16-,20?,21?,24+,25-,26+/m1/s1. The van der Waals surface area contributed by atoms with Crippen molar-refractivity contribution in [3.8, 4) is 0 Å². The molecule has 2 N–H and O–H groups in total. The quantitative estimate of drug-likeness (QED) is 0.402. The van der Waals surface area contributed by atoms with Crippen LogP contribution in [0.15, 0.2) is 30.9 Å². The number of H-pyrrole nitrogens is 1. The van der Waals surface area contributed by atoms with E-state index in [-0.39, 0.29) is 29.0 Å². The minimum atomic E-state index is -1.31. The van der Waals surface area contributed by atoms with Crippen LogP contribution in [0.5, 0.6) is 0 Å². The van der Waals surface area contributed by atoms with Crippen LogP contribution in [0.25, 0.3) is 15.7 Å². The maximum absolute atomic E-state index is 13.0. The third-order valence-electron chi connectivity index (χ3n) is 9.56. The summed E-state index contributed by atoms with van der Waals surface area (Å²) in [6, 6.07) is 6.43. The first-order valence-corrected chi connectivity index (χ1v) is 11.1. The van der Waals surface area contributed by atoms with E-state index in [0.717, 1.165) is 35.0 Å². The largest absolute Gasteiger partial charge is 0.377 e. The van der Waals surface area contributed by atoms with Gasteiger partial charge in [0.25, 0.3) is 0 Å². The zero-order chi connectivity index (χ0) is 21.5. The number of hydrogen-bond acceptors (Lipinski definition) is 2. The Morgan fingerprint density at radius 1 is 1.20 bits per heavy atom. The number of epoxide rings is 1. The molecule has 6 rings (SSSR count). The van der Waals surface area contributed by atoms with Crippen molar-refractivity contribution in [2.75, 3.05) is 0 Å². The third-order valence-corrected chi connectivity index (χ3v) is 9.56. The molecule has 4 aliphatic rings. The van der Waals surface area contributed by atoms with Crippen molar-refractivity contribution in [3.63, 3.8) is 0 Å². The predicted octanol–water partition coefficient (Wildman–Crippen LogP) is 4.97. The molecule has 2 unspecified atom stereocenters. The molecular weight excluding hydrogens is 372 g/mol. The molecule has 1 aromatic carbocycles. The van der Waals surface area contributed by atoms with Gasteiger partial charge in [0.05, 0.1) is 5.41 Å². The number of aliphatic hydroxyl groups is 1. The highest BCUT2D eigenvalue weighted by molar-refractivity contribution is 5.92. The van der Waals surface area contributed by atoms with Gasteiger partial charge in [0, 0.05) is 33.5 Å². The zero-order valence-corrected chi connectivity index (χ0v) is 18.5. The summed E-state index contributed by atoms with van der Waals surface area (Å²) >= 11 is 0. The topological polar surface area (TPSA) is 52.9 Å². The van der Waals surface area contributed by atoms with Crippen LogP contribution < -0.4 is 0 Å². The Labute approximate surface area is 178 Å². The van der Waals surface area contributed by atoms with Gasteiger partial charge in [-0.15, -0.1) is 6.58 Å². The molecule has 4 heteroatoms. The van der Waals surface area contributed by atoms with Gasteiger partial charge in [-0.05, 0) is 36.8 Å². The van der Waals surface area contributed by atoms with Gasteiger partial charge in [0.1, 0.15) is 6.10 Å². The number of nitrogens with zero attached hydrogens (tertiary/aromatic N) is 1. The lowest BCUT2D eigenvalue weighted by Gasteiger charge is -2.59. The monoisotopic (exact) mass is 402 g/mol. The SMILES string of the molecule is [C-]#[N+][C@]12C3OC3C(C)(C)c3[nH]c4cccc5c4c3[C@]1(O)[C@H](CC[C@]2(C)C=C)C5(C)C. The summed E-state index contributed by atoms with van der Waals surface area (Å²) in [6.07, 6.45) is 3.19. The summed E-state index contributed by atoms with van der Waals surface area (Å²) < 4.78 is 6.35. The number of benzene rings is 1. The van der Waals surface area contributed by atoms with Gasteiger partial charge in [-0.3, -0.25) is 0 Å². The number of nitrogens with one attached hydrogen (secondary N) is 1. The van der Waals surface area contributed by atoms with Crippen molar-refractivity contribution in [3.05, 3.63) is 59.1 Å². The molecule has 4 nitrogen and oxygen atoms in total. The summed E-state index contributed by atoms with van der Waals surface area (Å²) in [5.74, 6) is -0.0708. The van der Waals surface area contributed by atoms with Gasteiger partial charge in [0.2, 0.25) is 0 Å². The van der Waals surface area contributed by atoms with Crippen molar-refractivity contribution >= 4 is 10.9 Å². The van der Waals surface area contributed by atoms with E-state index in [0.29, 0.717) is 0 Å². The smallest absolute Gasteiger partial charge is 0.301 e. The average Bonchev–Trinajstić information content (AvgIpc) is 3.40. The van der Waals surface area contributed by atoms with E-state index < -0.39 is 16.6 Å². The highest BCUT2D eigenvalue weighted by Gasteiger charge is 2.86. The molecule has 0 amide bonds. The third kappa shape index (κ3) is 1.55. The van der Waals surface area contributed by atoms with Gasteiger partial charge < -0.3 is 19.7 Å². The lowest BCUT2D eigenvalue weighted by atomic mass is 9.43. The Morgan fingerprint density at radius 3 is 2.60 bits per heavy atom. The van der Waals surface area contributed by atoms with Gasteiger partial charge in [-0.2, -0.15) is 0 Å². The summed E-state index contributed by atoms with van der Waals surface area (Å²) in [7, 11) is 0. The van der Waals surface area contributed by atoms with E-state index in [4.69, 9.17) is 11.3 Å². The molecule has 0 radical (unpaired) electrons. The molecule has 2 fully saturated rings. The van der Waals surface area contributed by atoms with Crippen LogP contribution in [-0.4, -0.2) is 27.8 Å². The van der Waals surface area contributed by atoms with Crippen LogP contribution in [0.3, 0.4) is 0 Å². The van der Waals surface area contributed by atoms with Crippen molar-refractivity contribution in [2.45, 2.75) is 81.6 Å². The first-order valence-electron chi connectivity index (χ1n) is 11.1. The molecule has 1 saturated heterocycles. The fourth-order valence-electron chi connectivity index (χ4n) is 7.83. The van der Waals surface area contributed by atoms with Crippen LogP contribution >= 0.6 is 0 Å². The van der Waals surface area contributed by atoms with Crippen molar-refractivity contribution in [1.29, 1.82) is 0 Å². The fraction of sp³-hybridized carbons (Fsp3) is 0.577. The molecule has 1 aromatic heterocycles. The predicted molar refractivity (Wildman–Crippen MR) is 117 cm³/mol. The minimum Gasteiger partial charge on any atom is -0.377 e. The van der Waals surface area contributed by atoms with Gasteiger partial charge >= 0.3 is 5.54 Å². The lowest BCUT2D eigenvalue weighted by Crippen LogP contribution is -2.71. The van der Waals surface area contributed by atoms with Crippen molar-refractivity contribution in [1.82, 2.24) is 4.98 Å². The van der Waals surface area contributed by atoms with Crippen LogP contribution in [0.1, 0.15) is 64.3 Å². The van der Waals surface area contributed by atoms with Gasteiger partial charge in [-0.1, -0.05) is 45.9 Å². The molecule has 156 valence electrons. The van der Waals surface area contributed by atoms with E-state index in [2.05, 4.69) is 69.2 Å². The van der Waals surface area contributed by atoms with Crippen molar-refractivity contribution < 1.29 is 9.84 Å².